The third kappa shape index (κ3) is 4.00. The number of alkyl halides is 3. The second kappa shape index (κ2) is 5.55. The van der Waals surface area contributed by atoms with Gasteiger partial charge in [-0.2, -0.15) is 13.2 Å². The number of carbonyl (C=O) groups is 3. The number of urea groups is 1. The molecule has 10 heteroatoms. The van der Waals surface area contributed by atoms with E-state index in [-0.39, 0.29) is 25.7 Å². The van der Waals surface area contributed by atoms with Crippen molar-refractivity contribution in [1.29, 1.82) is 0 Å². The molecule has 5 N–H and O–H groups in total. The maximum absolute atomic E-state index is 12.6. The molecule has 0 aromatic heterocycles. The molecule has 1 atom stereocenters. The second-order valence-electron chi connectivity index (χ2n) is 4.57. The average Bonchev–Trinajstić information content (AvgIpc) is 3.03. The minimum atomic E-state index is -4.59. The molecule has 1 saturated carbocycles. The number of rotatable bonds is 6. The number of hydrogen-bond donors (Lipinski definition) is 4. The predicted molar refractivity (Wildman–Crippen MR) is 59.5 cm³/mol. The van der Waals surface area contributed by atoms with Crippen LogP contribution in [0.2, 0.25) is 0 Å². The zero-order valence-electron chi connectivity index (χ0n) is 10.3. The van der Waals surface area contributed by atoms with Gasteiger partial charge >= 0.3 is 18.2 Å². The summed E-state index contributed by atoms with van der Waals surface area (Å²) in [4.78, 5) is 32.7. The fourth-order valence-electron chi connectivity index (χ4n) is 1.56. The molecule has 1 unspecified atom stereocenters. The smallest absolute Gasteiger partial charge is 0.411 e. The van der Waals surface area contributed by atoms with Crippen LogP contribution in [-0.2, 0) is 9.59 Å². The van der Waals surface area contributed by atoms with Crippen molar-refractivity contribution < 1.29 is 32.7 Å². The summed E-state index contributed by atoms with van der Waals surface area (Å²) in [6.45, 7) is 0. The predicted octanol–water partition coefficient (Wildman–Crippen LogP) is 0.0992. The SMILES string of the molecule is NC(=O)CCC(NC(=O)NC1(C(F)(F)F)CC1)C(=O)O. The Morgan fingerprint density at radius 2 is 1.85 bits per heavy atom. The fourth-order valence-corrected chi connectivity index (χ4v) is 1.56. The first kappa shape index (κ1) is 16.1. The highest BCUT2D eigenvalue weighted by Crippen LogP contribution is 2.48. The lowest BCUT2D eigenvalue weighted by Gasteiger charge is -2.22. The maximum Gasteiger partial charge on any atom is 0.411 e. The average molecular weight is 297 g/mol. The molecule has 0 spiro atoms. The molecule has 1 aliphatic carbocycles. The number of carbonyl (C=O) groups excluding carboxylic acids is 2. The number of primary amides is 1. The van der Waals surface area contributed by atoms with Gasteiger partial charge in [0.15, 0.2) is 0 Å². The van der Waals surface area contributed by atoms with Crippen LogP contribution in [0.25, 0.3) is 0 Å². The normalized spacial score (nSPS) is 17.9. The van der Waals surface area contributed by atoms with E-state index in [9.17, 15) is 27.6 Å². The van der Waals surface area contributed by atoms with Gasteiger partial charge in [0.25, 0.3) is 0 Å². The highest BCUT2D eigenvalue weighted by Gasteiger charge is 2.64. The number of carboxylic acids is 1. The second-order valence-corrected chi connectivity index (χ2v) is 4.57. The summed E-state index contributed by atoms with van der Waals surface area (Å²) in [6.07, 6.45) is -5.68. The van der Waals surface area contributed by atoms with Crippen molar-refractivity contribution in [3.05, 3.63) is 0 Å². The summed E-state index contributed by atoms with van der Waals surface area (Å²) >= 11 is 0. The molecule has 0 bridgehead atoms. The Kier molecular flexibility index (Phi) is 4.46. The molecule has 3 amide bonds. The van der Waals surface area contributed by atoms with Crippen molar-refractivity contribution in [2.24, 2.45) is 5.73 Å². The fraction of sp³-hybridized carbons (Fsp3) is 0.700. The van der Waals surface area contributed by atoms with Crippen molar-refractivity contribution in [1.82, 2.24) is 10.6 Å². The zero-order valence-corrected chi connectivity index (χ0v) is 10.3. The largest absolute Gasteiger partial charge is 0.480 e. The van der Waals surface area contributed by atoms with Crippen LogP contribution in [-0.4, -0.2) is 40.8 Å². The zero-order chi connectivity index (χ0) is 15.6. The lowest BCUT2D eigenvalue weighted by Crippen LogP contribution is -2.54. The van der Waals surface area contributed by atoms with E-state index in [1.54, 1.807) is 5.32 Å². The van der Waals surface area contributed by atoms with Crippen LogP contribution in [0, 0.1) is 0 Å². The van der Waals surface area contributed by atoms with Crippen molar-refractivity contribution >= 4 is 17.9 Å². The first-order chi connectivity index (χ1) is 9.07. The van der Waals surface area contributed by atoms with E-state index in [4.69, 9.17) is 10.8 Å². The number of hydrogen-bond acceptors (Lipinski definition) is 3. The summed E-state index contributed by atoms with van der Waals surface area (Å²) in [5, 5.41) is 12.4. The van der Waals surface area contributed by atoms with E-state index in [1.165, 1.54) is 0 Å². The van der Waals surface area contributed by atoms with Crippen LogP contribution in [0.15, 0.2) is 0 Å². The third-order valence-electron chi connectivity index (χ3n) is 2.93. The van der Waals surface area contributed by atoms with Crippen molar-refractivity contribution in [3.8, 4) is 0 Å². The molecule has 0 heterocycles. The number of halogens is 3. The Morgan fingerprint density at radius 3 is 2.20 bits per heavy atom. The van der Waals surface area contributed by atoms with Crippen LogP contribution >= 0.6 is 0 Å². The number of amides is 3. The van der Waals surface area contributed by atoms with E-state index < -0.39 is 35.7 Å². The topological polar surface area (TPSA) is 122 Å². The van der Waals surface area contributed by atoms with E-state index in [0.717, 1.165) is 0 Å². The lowest BCUT2D eigenvalue weighted by molar-refractivity contribution is -0.162. The van der Waals surface area contributed by atoms with Gasteiger partial charge in [0, 0.05) is 6.42 Å². The van der Waals surface area contributed by atoms with Gasteiger partial charge in [0.1, 0.15) is 11.6 Å². The number of aliphatic carboxylic acids is 1. The lowest BCUT2D eigenvalue weighted by atomic mass is 10.1. The number of carboxylic acid groups (broad SMARTS) is 1. The summed E-state index contributed by atoms with van der Waals surface area (Å²) in [6, 6.07) is -2.72. The van der Waals surface area contributed by atoms with Gasteiger partial charge < -0.3 is 21.5 Å². The molecular weight excluding hydrogens is 283 g/mol. The van der Waals surface area contributed by atoms with Crippen LogP contribution in [0.3, 0.4) is 0 Å². The highest BCUT2D eigenvalue weighted by molar-refractivity contribution is 5.84. The summed E-state index contributed by atoms with van der Waals surface area (Å²) in [5.74, 6) is -2.23. The van der Waals surface area contributed by atoms with E-state index in [1.807, 2.05) is 5.32 Å². The molecule has 7 nitrogen and oxygen atoms in total. The molecule has 20 heavy (non-hydrogen) atoms. The summed E-state index contributed by atoms with van der Waals surface area (Å²) in [5.41, 5.74) is 2.56. The Labute approximate surface area is 111 Å². The molecule has 1 aliphatic rings. The molecule has 0 aliphatic heterocycles. The van der Waals surface area contributed by atoms with E-state index in [2.05, 4.69) is 0 Å². The molecule has 1 rings (SSSR count). The number of nitrogens with one attached hydrogen (secondary N) is 2. The van der Waals surface area contributed by atoms with Crippen molar-refractivity contribution in [2.75, 3.05) is 0 Å². The third-order valence-corrected chi connectivity index (χ3v) is 2.93. The van der Waals surface area contributed by atoms with Crippen LogP contribution < -0.4 is 16.4 Å². The molecule has 114 valence electrons. The first-order valence-electron chi connectivity index (χ1n) is 5.74. The quantitative estimate of drug-likeness (QED) is 0.555. The standard InChI is InChI=1S/C10H14F3N3O4/c11-10(12,13)9(3-4-9)16-8(20)15-5(7(18)19)1-2-6(14)17/h5H,1-4H2,(H2,14,17)(H,18,19)(H2,15,16,20). The number of nitrogens with two attached hydrogens (primary N) is 1. The van der Waals surface area contributed by atoms with Crippen LogP contribution in [0.5, 0.6) is 0 Å². The maximum atomic E-state index is 12.6. The van der Waals surface area contributed by atoms with Gasteiger partial charge in [-0.05, 0) is 19.3 Å². The Hall–Kier alpha value is -2.00. The van der Waals surface area contributed by atoms with Crippen LogP contribution in [0.4, 0.5) is 18.0 Å². The van der Waals surface area contributed by atoms with Gasteiger partial charge in [-0.3, -0.25) is 4.79 Å². The molecular formula is C10H14F3N3O4. The molecule has 1 fully saturated rings. The van der Waals surface area contributed by atoms with E-state index in [0.29, 0.717) is 0 Å². The Bertz CT molecular complexity index is 420. The van der Waals surface area contributed by atoms with Gasteiger partial charge in [-0.1, -0.05) is 0 Å². The Morgan fingerprint density at radius 1 is 1.30 bits per heavy atom. The summed E-state index contributed by atoms with van der Waals surface area (Å²) in [7, 11) is 0. The van der Waals surface area contributed by atoms with Crippen molar-refractivity contribution in [3.63, 3.8) is 0 Å². The first-order valence-corrected chi connectivity index (χ1v) is 5.74. The van der Waals surface area contributed by atoms with Gasteiger partial charge in [-0.15, -0.1) is 0 Å². The Balaban J connectivity index is 2.55. The van der Waals surface area contributed by atoms with Crippen LogP contribution in [0.1, 0.15) is 25.7 Å². The minimum absolute atomic E-state index is 0.247. The van der Waals surface area contributed by atoms with E-state index >= 15 is 0 Å². The van der Waals surface area contributed by atoms with Gasteiger partial charge in [0.2, 0.25) is 5.91 Å². The van der Waals surface area contributed by atoms with Gasteiger partial charge in [-0.25, -0.2) is 9.59 Å². The monoisotopic (exact) mass is 297 g/mol. The minimum Gasteiger partial charge on any atom is -0.480 e. The molecule has 0 saturated heterocycles. The molecule has 0 aromatic carbocycles. The van der Waals surface area contributed by atoms with Crippen molar-refractivity contribution in [2.45, 2.75) is 43.4 Å². The molecule has 0 aromatic rings. The van der Waals surface area contributed by atoms with Gasteiger partial charge in [0.05, 0.1) is 0 Å². The summed E-state index contributed by atoms with van der Waals surface area (Å²) < 4.78 is 37.8. The molecule has 0 radical (unpaired) electrons. The highest BCUT2D eigenvalue weighted by atomic mass is 19.4.